The van der Waals surface area contributed by atoms with Gasteiger partial charge in [-0.05, 0) is 37.6 Å². The molecule has 1 aliphatic rings. The summed E-state index contributed by atoms with van der Waals surface area (Å²) in [6.07, 6.45) is 0.547. The Balaban J connectivity index is 0.00000242. The highest BCUT2D eigenvalue weighted by molar-refractivity contribution is 14.0. The number of aliphatic imine (C=N–C) groups is 1. The lowest BCUT2D eigenvalue weighted by Gasteiger charge is -2.20. The van der Waals surface area contributed by atoms with Gasteiger partial charge in [0.1, 0.15) is 12.4 Å². The van der Waals surface area contributed by atoms with Crippen LogP contribution in [0.25, 0.3) is 0 Å². The molecule has 2 rings (SSSR count). The number of β-amino-alcohol motifs (C(OH)–C–C–N with tert-alkyl or cyclic N) is 1. The highest BCUT2D eigenvalue weighted by Crippen LogP contribution is 2.15. The molecular weight excluding hydrogens is 417 g/mol. The fourth-order valence-electron chi connectivity index (χ4n) is 2.21. The number of nitrogens with one attached hydrogen (secondary N) is 1. The number of ether oxygens (including phenoxy) is 1. The summed E-state index contributed by atoms with van der Waals surface area (Å²) in [5, 5.41) is 13.5. The van der Waals surface area contributed by atoms with Gasteiger partial charge in [-0.2, -0.15) is 0 Å². The van der Waals surface area contributed by atoms with Gasteiger partial charge in [0, 0.05) is 24.7 Å². The molecule has 0 amide bonds. The van der Waals surface area contributed by atoms with Crippen molar-refractivity contribution in [3.63, 3.8) is 0 Å². The fraction of sp³-hybridized carbons (Fsp3) is 0.533. The van der Waals surface area contributed by atoms with Crippen LogP contribution in [0.5, 0.6) is 5.75 Å². The molecule has 1 aromatic rings. The predicted octanol–water partition coefficient (Wildman–Crippen LogP) is 2.37. The Labute approximate surface area is 153 Å². The fourth-order valence-corrected chi connectivity index (χ4v) is 2.33. The summed E-state index contributed by atoms with van der Waals surface area (Å²) in [6, 6.07) is 7.29. The smallest absolute Gasteiger partial charge is 0.194 e. The lowest BCUT2D eigenvalue weighted by Crippen LogP contribution is -2.40. The second kappa shape index (κ2) is 10.1. The number of hydrogen-bond donors (Lipinski definition) is 2. The number of aliphatic hydroxyl groups excluding tert-OH is 1. The van der Waals surface area contributed by atoms with Crippen molar-refractivity contribution >= 4 is 41.5 Å². The molecule has 5 nitrogen and oxygen atoms in total. The Morgan fingerprint density at radius 1 is 1.45 bits per heavy atom. The van der Waals surface area contributed by atoms with Crippen LogP contribution in [0.15, 0.2) is 29.3 Å². The number of benzene rings is 1. The van der Waals surface area contributed by atoms with Crippen molar-refractivity contribution < 1.29 is 9.84 Å². The van der Waals surface area contributed by atoms with Gasteiger partial charge in [0.15, 0.2) is 5.96 Å². The van der Waals surface area contributed by atoms with E-state index in [4.69, 9.17) is 16.3 Å². The first-order chi connectivity index (χ1) is 10.2. The average Bonchev–Trinajstić information content (AvgIpc) is 2.91. The van der Waals surface area contributed by atoms with E-state index >= 15 is 0 Å². The summed E-state index contributed by atoms with van der Waals surface area (Å²) in [4.78, 5) is 6.61. The first-order valence-electron chi connectivity index (χ1n) is 7.28. The number of aliphatic hydroxyl groups is 1. The van der Waals surface area contributed by atoms with Crippen molar-refractivity contribution in [2.75, 3.05) is 32.8 Å². The standard InChI is InChI=1S/C15H22ClN3O2.HI/c1-2-17-15(19-9-7-13(20)11-19)18-8-10-21-14-5-3-12(16)4-6-14;/h3-6,13,20H,2,7-11H2,1H3,(H,17,18);1H/t13-;/m1./s1. The number of rotatable bonds is 5. The summed E-state index contributed by atoms with van der Waals surface area (Å²) < 4.78 is 5.61. The Morgan fingerprint density at radius 2 is 2.18 bits per heavy atom. The second-order valence-electron chi connectivity index (χ2n) is 4.93. The van der Waals surface area contributed by atoms with Crippen LogP contribution >= 0.6 is 35.6 Å². The van der Waals surface area contributed by atoms with E-state index in [1.54, 1.807) is 12.1 Å². The lowest BCUT2D eigenvalue weighted by atomic mass is 10.3. The van der Waals surface area contributed by atoms with E-state index in [0.29, 0.717) is 24.7 Å². The SMILES string of the molecule is CCNC(=NCCOc1ccc(Cl)cc1)N1CC[C@@H](O)C1.I. The topological polar surface area (TPSA) is 57.1 Å². The van der Waals surface area contributed by atoms with Crippen LogP contribution in [0, 0.1) is 0 Å². The zero-order valence-corrected chi connectivity index (χ0v) is 15.8. The molecule has 0 aromatic heterocycles. The quantitative estimate of drug-likeness (QED) is 0.320. The van der Waals surface area contributed by atoms with Gasteiger partial charge in [0.25, 0.3) is 0 Å². The minimum atomic E-state index is -0.251. The summed E-state index contributed by atoms with van der Waals surface area (Å²) in [5.41, 5.74) is 0. The van der Waals surface area contributed by atoms with Crippen LogP contribution in [0.1, 0.15) is 13.3 Å². The number of guanidine groups is 1. The number of nitrogens with zero attached hydrogens (tertiary/aromatic N) is 2. The van der Waals surface area contributed by atoms with Gasteiger partial charge in [-0.1, -0.05) is 11.6 Å². The van der Waals surface area contributed by atoms with Gasteiger partial charge in [-0.3, -0.25) is 0 Å². The van der Waals surface area contributed by atoms with Crippen molar-refractivity contribution in [3.8, 4) is 5.75 Å². The molecule has 1 fully saturated rings. The van der Waals surface area contributed by atoms with Gasteiger partial charge < -0.3 is 20.1 Å². The zero-order chi connectivity index (χ0) is 15.1. The third kappa shape index (κ3) is 6.18. The number of halogens is 2. The van der Waals surface area contributed by atoms with E-state index in [1.807, 2.05) is 19.1 Å². The number of hydrogen-bond acceptors (Lipinski definition) is 3. The van der Waals surface area contributed by atoms with E-state index in [0.717, 1.165) is 31.2 Å². The van der Waals surface area contributed by atoms with Crippen molar-refractivity contribution in [2.24, 2.45) is 4.99 Å². The molecule has 7 heteroatoms. The molecule has 0 spiro atoms. The molecule has 124 valence electrons. The van der Waals surface area contributed by atoms with Gasteiger partial charge in [-0.25, -0.2) is 4.99 Å². The molecular formula is C15H23ClIN3O2. The van der Waals surface area contributed by atoms with Crippen LogP contribution in [0.3, 0.4) is 0 Å². The summed E-state index contributed by atoms with van der Waals surface area (Å²) in [6.45, 7) is 5.40. The zero-order valence-electron chi connectivity index (χ0n) is 12.7. The second-order valence-corrected chi connectivity index (χ2v) is 5.36. The maximum Gasteiger partial charge on any atom is 0.194 e. The van der Waals surface area contributed by atoms with Crippen LogP contribution in [0.2, 0.25) is 5.02 Å². The molecule has 22 heavy (non-hydrogen) atoms. The monoisotopic (exact) mass is 439 g/mol. The Bertz CT molecular complexity index is 470. The van der Waals surface area contributed by atoms with Crippen molar-refractivity contribution in [1.29, 1.82) is 0 Å². The first kappa shape index (κ1) is 19.3. The minimum absolute atomic E-state index is 0. The van der Waals surface area contributed by atoms with Crippen LogP contribution in [-0.2, 0) is 0 Å². The Hall–Kier alpha value is -0.730. The third-order valence-corrected chi connectivity index (χ3v) is 3.49. The van der Waals surface area contributed by atoms with E-state index in [-0.39, 0.29) is 30.1 Å². The highest BCUT2D eigenvalue weighted by Gasteiger charge is 2.22. The van der Waals surface area contributed by atoms with E-state index in [9.17, 15) is 5.11 Å². The lowest BCUT2D eigenvalue weighted by molar-refractivity contribution is 0.187. The maximum atomic E-state index is 9.60. The van der Waals surface area contributed by atoms with Crippen molar-refractivity contribution in [3.05, 3.63) is 29.3 Å². The van der Waals surface area contributed by atoms with E-state index in [1.165, 1.54) is 0 Å². The summed E-state index contributed by atoms with van der Waals surface area (Å²) in [5.74, 6) is 1.63. The average molecular weight is 440 g/mol. The number of likely N-dealkylation sites (tertiary alicyclic amines) is 1. The molecule has 0 radical (unpaired) electrons. The minimum Gasteiger partial charge on any atom is -0.492 e. The predicted molar refractivity (Wildman–Crippen MR) is 101 cm³/mol. The molecule has 1 atom stereocenters. The van der Waals surface area contributed by atoms with E-state index in [2.05, 4.69) is 15.2 Å². The van der Waals surface area contributed by atoms with E-state index < -0.39 is 0 Å². The highest BCUT2D eigenvalue weighted by atomic mass is 127. The maximum absolute atomic E-state index is 9.60. The van der Waals surface area contributed by atoms with Crippen LogP contribution in [-0.4, -0.2) is 54.9 Å². The molecule has 1 heterocycles. The van der Waals surface area contributed by atoms with Crippen molar-refractivity contribution in [1.82, 2.24) is 10.2 Å². The molecule has 1 aliphatic heterocycles. The third-order valence-electron chi connectivity index (χ3n) is 3.23. The van der Waals surface area contributed by atoms with Crippen LogP contribution in [0.4, 0.5) is 0 Å². The molecule has 0 bridgehead atoms. The summed E-state index contributed by atoms with van der Waals surface area (Å²) >= 11 is 5.82. The summed E-state index contributed by atoms with van der Waals surface area (Å²) in [7, 11) is 0. The largest absolute Gasteiger partial charge is 0.492 e. The normalized spacial score (nSPS) is 18.0. The van der Waals surface area contributed by atoms with Gasteiger partial charge in [0.2, 0.25) is 0 Å². The van der Waals surface area contributed by atoms with Crippen molar-refractivity contribution in [2.45, 2.75) is 19.4 Å². The molecule has 1 aromatic carbocycles. The molecule has 2 N–H and O–H groups in total. The van der Waals surface area contributed by atoms with Gasteiger partial charge in [0.05, 0.1) is 12.6 Å². The van der Waals surface area contributed by atoms with Crippen LogP contribution < -0.4 is 10.1 Å². The molecule has 0 saturated carbocycles. The molecule has 1 saturated heterocycles. The Morgan fingerprint density at radius 3 is 2.77 bits per heavy atom. The Kier molecular flexibility index (Phi) is 8.89. The van der Waals surface area contributed by atoms with Gasteiger partial charge >= 0.3 is 0 Å². The molecule has 0 aliphatic carbocycles. The van der Waals surface area contributed by atoms with Gasteiger partial charge in [-0.15, -0.1) is 24.0 Å². The first-order valence-corrected chi connectivity index (χ1v) is 7.66. The molecule has 0 unspecified atom stereocenters.